The van der Waals surface area contributed by atoms with Crippen molar-refractivity contribution in [2.45, 2.75) is 6.92 Å². The van der Waals surface area contributed by atoms with Gasteiger partial charge in [-0.05, 0) is 19.1 Å². The summed E-state index contributed by atoms with van der Waals surface area (Å²) >= 11 is 0. The van der Waals surface area contributed by atoms with Crippen molar-refractivity contribution in [3.63, 3.8) is 0 Å². The van der Waals surface area contributed by atoms with Crippen molar-refractivity contribution in [2.75, 3.05) is 20.1 Å². The Morgan fingerprint density at radius 2 is 2.05 bits per heavy atom. The zero-order valence-corrected chi connectivity index (χ0v) is 10.7. The second-order valence-electron chi connectivity index (χ2n) is 3.83. The fourth-order valence-corrected chi connectivity index (χ4v) is 1.21. The lowest BCUT2D eigenvalue weighted by atomic mass is 10.2. The zero-order valence-electron chi connectivity index (χ0n) is 10.7. The van der Waals surface area contributed by atoms with E-state index < -0.39 is 11.9 Å². The molecule has 0 saturated carbocycles. The Hall–Kier alpha value is -2.44. The number of likely N-dealkylation sites (N-methyl/N-ethyl adjacent to an activating group) is 1. The topological polar surface area (TPSA) is 99.6 Å². The number of nitrogens with zero attached hydrogens (tertiary/aromatic N) is 2. The number of pyridine rings is 1. The molecule has 0 aliphatic heterocycles. The van der Waals surface area contributed by atoms with Gasteiger partial charge in [0.2, 0.25) is 5.91 Å². The number of carbonyl (C=O) groups is 3. The van der Waals surface area contributed by atoms with Crippen LogP contribution < -0.4 is 5.32 Å². The molecule has 7 heteroatoms. The Morgan fingerprint density at radius 1 is 1.37 bits per heavy atom. The molecule has 0 atom stereocenters. The molecule has 0 spiro atoms. The molecular formula is C12H15N3O4. The van der Waals surface area contributed by atoms with E-state index >= 15 is 0 Å². The van der Waals surface area contributed by atoms with Crippen molar-refractivity contribution in [3.05, 3.63) is 29.6 Å². The summed E-state index contributed by atoms with van der Waals surface area (Å²) in [4.78, 5) is 38.9. The number of hydrogen-bond acceptors (Lipinski definition) is 4. The van der Waals surface area contributed by atoms with Gasteiger partial charge < -0.3 is 15.3 Å². The highest BCUT2D eigenvalue weighted by Gasteiger charge is 2.12. The minimum absolute atomic E-state index is 0.00153. The van der Waals surface area contributed by atoms with Gasteiger partial charge >= 0.3 is 5.97 Å². The minimum atomic E-state index is -1.11. The van der Waals surface area contributed by atoms with E-state index in [9.17, 15) is 14.4 Å². The number of carboxylic acid groups (broad SMARTS) is 1. The lowest BCUT2D eigenvalue weighted by Crippen LogP contribution is -2.38. The molecule has 2 N–H and O–H groups in total. The summed E-state index contributed by atoms with van der Waals surface area (Å²) in [6.07, 6.45) is 1.09. The van der Waals surface area contributed by atoms with Gasteiger partial charge in [0.15, 0.2) is 0 Å². The van der Waals surface area contributed by atoms with Gasteiger partial charge in [-0.2, -0.15) is 0 Å². The Bertz CT molecular complexity index is 484. The van der Waals surface area contributed by atoms with E-state index in [0.29, 0.717) is 6.54 Å². The van der Waals surface area contributed by atoms with Crippen LogP contribution in [0.2, 0.25) is 0 Å². The van der Waals surface area contributed by atoms with Crippen LogP contribution in [-0.2, 0) is 4.79 Å². The number of aromatic carboxylic acids is 1. The predicted octanol–water partition coefficient (Wildman–Crippen LogP) is -0.0121. The Labute approximate surface area is 110 Å². The fourth-order valence-electron chi connectivity index (χ4n) is 1.21. The molecule has 0 unspecified atom stereocenters. The summed E-state index contributed by atoms with van der Waals surface area (Å²) in [6.45, 7) is 2.26. The van der Waals surface area contributed by atoms with Crippen molar-refractivity contribution in [2.24, 2.45) is 0 Å². The van der Waals surface area contributed by atoms with Crippen LogP contribution in [0.1, 0.15) is 27.8 Å². The number of hydrogen-bond donors (Lipinski definition) is 2. The normalized spacial score (nSPS) is 9.79. The summed E-state index contributed by atoms with van der Waals surface area (Å²) in [7, 11) is 1.63. The third kappa shape index (κ3) is 4.06. The van der Waals surface area contributed by atoms with Gasteiger partial charge in [0, 0.05) is 19.8 Å². The molecule has 1 heterocycles. The quantitative estimate of drug-likeness (QED) is 0.780. The van der Waals surface area contributed by atoms with Gasteiger partial charge in [-0.3, -0.25) is 14.6 Å². The molecule has 0 aromatic carbocycles. The summed E-state index contributed by atoms with van der Waals surface area (Å²) in [6, 6.07) is 2.58. The Kier molecular flexibility index (Phi) is 4.99. The van der Waals surface area contributed by atoms with E-state index in [-0.39, 0.29) is 23.7 Å². The van der Waals surface area contributed by atoms with Gasteiger partial charge in [-0.1, -0.05) is 0 Å². The Balaban J connectivity index is 2.59. The molecular weight excluding hydrogens is 250 g/mol. The van der Waals surface area contributed by atoms with E-state index in [1.807, 2.05) is 6.92 Å². The first-order valence-corrected chi connectivity index (χ1v) is 5.67. The highest BCUT2D eigenvalue weighted by atomic mass is 16.4. The van der Waals surface area contributed by atoms with E-state index in [1.54, 1.807) is 7.05 Å². The van der Waals surface area contributed by atoms with Crippen molar-refractivity contribution in [3.8, 4) is 0 Å². The predicted molar refractivity (Wildman–Crippen MR) is 66.8 cm³/mol. The number of rotatable bonds is 5. The number of carbonyl (C=O) groups excluding carboxylic acids is 2. The number of nitrogens with one attached hydrogen (secondary N) is 1. The molecule has 7 nitrogen and oxygen atoms in total. The van der Waals surface area contributed by atoms with Crippen LogP contribution in [0.15, 0.2) is 18.3 Å². The smallest absolute Gasteiger partial charge is 0.337 e. The van der Waals surface area contributed by atoms with E-state index in [2.05, 4.69) is 10.3 Å². The maximum absolute atomic E-state index is 11.6. The molecule has 19 heavy (non-hydrogen) atoms. The lowest BCUT2D eigenvalue weighted by molar-refractivity contribution is -0.128. The average Bonchev–Trinajstić information content (AvgIpc) is 2.43. The van der Waals surface area contributed by atoms with Crippen molar-refractivity contribution < 1.29 is 19.5 Å². The van der Waals surface area contributed by atoms with E-state index in [4.69, 9.17) is 5.11 Å². The number of aromatic nitrogens is 1. The van der Waals surface area contributed by atoms with Crippen LogP contribution in [0.5, 0.6) is 0 Å². The van der Waals surface area contributed by atoms with Crippen LogP contribution in [0.25, 0.3) is 0 Å². The molecule has 0 bridgehead atoms. The van der Waals surface area contributed by atoms with Gasteiger partial charge in [0.1, 0.15) is 5.69 Å². The third-order valence-electron chi connectivity index (χ3n) is 2.54. The van der Waals surface area contributed by atoms with E-state index in [0.717, 1.165) is 6.20 Å². The Morgan fingerprint density at radius 3 is 2.53 bits per heavy atom. The summed E-state index contributed by atoms with van der Waals surface area (Å²) in [5.41, 5.74) is 0.0651. The average molecular weight is 265 g/mol. The third-order valence-corrected chi connectivity index (χ3v) is 2.54. The molecule has 2 amide bonds. The minimum Gasteiger partial charge on any atom is -0.478 e. The van der Waals surface area contributed by atoms with Gasteiger partial charge in [0.25, 0.3) is 5.91 Å². The molecule has 0 saturated heterocycles. The van der Waals surface area contributed by atoms with Crippen molar-refractivity contribution in [1.82, 2.24) is 15.2 Å². The SMILES string of the molecule is CCN(C)C(=O)CNC(=O)c1ccc(C(=O)O)cn1. The standard InChI is InChI=1S/C12H15N3O4/c1-3-15(2)10(16)7-14-11(17)9-5-4-8(6-13-9)12(18)19/h4-6H,3,7H2,1-2H3,(H,14,17)(H,18,19). The van der Waals surface area contributed by atoms with E-state index in [1.165, 1.54) is 17.0 Å². The van der Waals surface area contributed by atoms with Crippen LogP contribution in [-0.4, -0.2) is 52.9 Å². The van der Waals surface area contributed by atoms with Crippen molar-refractivity contribution >= 4 is 17.8 Å². The second kappa shape index (κ2) is 6.48. The fraction of sp³-hybridized carbons (Fsp3) is 0.333. The molecule has 0 aliphatic carbocycles. The monoisotopic (exact) mass is 265 g/mol. The second-order valence-corrected chi connectivity index (χ2v) is 3.83. The van der Waals surface area contributed by atoms with Crippen molar-refractivity contribution in [1.29, 1.82) is 0 Å². The molecule has 1 aromatic rings. The first-order chi connectivity index (χ1) is 8.95. The molecule has 102 valence electrons. The van der Waals surface area contributed by atoms with Crippen LogP contribution in [0.4, 0.5) is 0 Å². The maximum Gasteiger partial charge on any atom is 0.337 e. The largest absolute Gasteiger partial charge is 0.478 e. The van der Waals surface area contributed by atoms with Gasteiger partial charge in [-0.15, -0.1) is 0 Å². The van der Waals surface area contributed by atoms with Crippen LogP contribution in [0, 0.1) is 0 Å². The summed E-state index contributed by atoms with van der Waals surface area (Å²) in [5.74, 6) is -1.84. The number of amides is 2. The first kappa shape index (κ1) is 14.6. The maximum atomic E-state index is 11.6. The molecule has 1 rings (SSSR count). The highest BCUT2D eigenvalue weighted by Crippen LogP contribution is 2.00. The molecule has 1 aromatic heterocycles. The summed E-state index contributed by atoms with van der Waals surface area (Å²) < 4.78 is 0. The highest BCUT2D eigenvalue weighted by molar-refractivity contribution is 5.95. The molecule has 0 aliphatic rings. The number of carboxylic acids is 1. The first-order valence-electron chi connectivity index (χ1n) is 5.67. The van der Waals surface area contributed by atoms with Crippen LogP contribution in [0.3, 0.4) is 0 Å². The summed E-state index contributed by atoms with van der Waals surface area (Å²) in [5, 5.41) is 11.1. The van der Waals surface area contributed by atoms with Gasteiger partial charge in [0.05, 0.1) is 12.1 Å². The van der Waals surface area contributed by atoms with Crippen LogP contribution >= 0.6 is 0 Å². The van der Waals surface area contributed by atoms with Gasteiger partial charge in [-0.25, -0.2) is 4.79 Å². The molecule has 0 radical (unpaired) electrons. The molecule has 0 fully saturated rings. The zero-order chi connectivity index (χ0) is 14.4. The lowest BCUT2D eigenvalue weighted by Gasteiger charge is -2.14.